The highest BCUT2D eigenvalue weighted by molar-refractivity contribution is 6.27. The van der Waals surface area contributed by atoms with E-state index in [4.69, 9.17) is 0 Å². The molecule has 0 spiro atoms. The Kier molecular flexibility index (Phi) is 6.88. The van der Waals surface area contributed by atoms with Crippen LogP contribution in [-0.2, 0) is 11.8 Å². The summed E-state index contributed by atoms with van der Waals surface area (Å²) in [5.74, 6) is 0. The minimum Gasteiger partial charge on any atom is -0.310 e. The van der Waals surface area contributed by atoms with Crippen LogP contribution in [0.5, 0.6) is 0 Å². The van der Waals surface area contributed by atoms with Crippen molar-refractivity contribution in [3.05, 3.63) is 216 Å². The molecule has 0 N–H and O–H groups in total. The SMILES string of the molecule is CC1(C)c2ccccc2-c2ccc(-c3ccc(N(c4ccc(-c5ccc6c(c5)-c5ccccc5C6)cc4)c4ccc5c6ccccc6n6c7ccccc7c4c56)cc3)cc21. The summed E-state index contributed by atoms with van der Waals surface area (Å²) in [5, 5.41) is 5.10. The number of nitrogens with zero attached hydrogens (tertiary/aromatic N) is 2. The van der Waals surface area contributed by atoms with Crippen LogP contribution in [0.1, 0.15) is 36.1 Å². The van der Waals surface area contributed by atoms with Crippen molar-refractivity contribution in [1.82, 2.24) is 4.40 Å². The summed E-state index contributed by atoms with van der Waals surface area (Å²) in [6.07, 6.45) is 1.01. The second-order valence-electron chi connectivity index (χ2n) is 17.3. The van der Waals surface area contributed by atoms with Crippen molar-refractivity contribution < 1.29 is 0 Å². The van der Waals surface area contributed by atoms with Crippen LogP contribution in [0.4, 0.5) is 17.1 Å². The summed E-state index contributed by atoms with van der Waals surface area (Å²) in [7, 11) is 0. The Morgan fingerprint density at radius 1 is 0.417 bits per heavy atom. The lowest BCUT2D eigenvalue weighted by Crippen LogP contribution is -2.14. The number of rotatable bonds is 5. The Bertz CT molecular complexity index is 3530. The molecule has 282 valence electrons. The molecule has 13 rings (SSSR count). The van der Waals surface area contributed by atoms with Gasteiger partial charge >= 0.3 is 0 Å². The lowest BCUT2D eigenvalue weighted by molar-refractivity contribution is 0.660. The fourth-order valence-electron chi connectivity index (χ4n) is 10.8. The van der Waals surface area contributed by atoms with Crippen LogP contribution in [0.25, 0.3) is 82.6 Å². The quantitative estimate of drug-likeness (QED) is 0.169. The van der Waals surface area contributed by atoms with E-state index in [9.17, 15) is 0 Å². The number of benzene rings is 9. The maximum Gasteiger partial charge on any atom is 0.0641 e. The van der Waals surface area contributed by atoms with Gasteiger partial charge in [-0.25, -0.2) is 0 Å². The molecule has 9 aromatic carbocycles. The first-order valence-electron chi connectivity index (χ1n) is 21.1. The Hall–Kier alpha value is -7.42. The van der Waals surface area contributed by atoms with Crippen LogP contribution >= 0.6 is 0 Å². The van der Waals surface area contributed by atoms with Gasteiger partial charge in [0.2, 0.25) is 0 Å². The number of fused-ring (bicyclic) bond motifs is 12. The van der Waals surface area contributed by atoms with E-state index < -0.39 is 0 Å². The first-order chi connectivity index (χ1) is 29.5. The number of aromatic nitrogens is 1. The van der Waals surface area contributed by atoms with Gasteiger partial charge in [-0.2, -0.15) is 0 Å². The zero-order chi connectivity index (χ0) is 39.7. The first-order valence-corrected chi connectivity index (χ1v) is 21.1. The third-order valence-electron chi connectivity index (χ3n) is 13.8. The van der Waals surface area contributed by atoms with Crippen molar-refractivity contribution in [2.24, 2.45) is 0 Å². The van der Waals surface area contributed by atoms with Crippen molar-refractivity contribution in [1.29, 1.82) is 0 Å². The summed E-state index contributed by atoms with van der Waals surface area (Å²) in [4.78, 5) is 2.47. The predicted octanol–water partition coefficient (Wildman–Crippen LogP) is 15.5. The van der Waals surface area contributed by atoms with Gasteiger partial charge in [0.05, 0.1) is 22.2 Å². The van der Waals surface area contributed by atoms with Gasteiger partial charge in [-0.1, -0.05) is 153 Å². The number of para-hydroxylation sites is 2. The highest BCUT2D eigenvalue weighted by Gasteiger charge is 2.35. The number of hydrogen-bond donors (Lipinski definition) is 0. The smallest absolute Gasteiger partial charge is 0.0641 e. The van der Waals surface area contributed by atoms with E-state index in [-0.39, 0.29) is 5.41 Å². The van der Waals surface area contributed by atoms with Gasteiger partial charge in [0.1, 0.15) is 0 Å². The summed E-state index contributed by atoms with van der Waals surface area (Å²) < 4.78 is 2.48. The highest BCUT2D eigenvalue weighted by atomic mass is 15.1. The van der Waals surface area contributed by atoms with E-state index in [2.05, 4.69) is 217 Å². The summed E-state index contributed by atoms with van der Waals surface area (Å²) in [6, 6.07) is 72.6. The first kappa shape index (κ1) is 33.5. The molecular weight excluding hydrogens is 725 g/mol. The molecule has 0 saturated carbocycles. The average molecular weight is 765 g/mol. The zero-order valence-corrected chi connectivity index (χ0v) is 33.6. The fourth-order valence-corrected chi connectivity index (χ4v) is 10.8. The van der Waals surface area contributed by atoms with Gasteiger partial charge in [0, 0.05) is 38.3 Å². The molecule has 0 amide bonds. The van der Waals surface area contributed by atoms with Gasteiger partial charge in [0.25, 0.3) is 0 Å². The Morgan fingerprint density at radius 3 is 1.75 bits per heavy atom. The Balaban J connectivity index is 0.965. The summed E-state index contributed by atoms with van der Waals surface area (Å²) in [5.41, 5.74) is 23.1. The van der Waals surface area contributed by atoms with Crippen molar-refractivity contribution >= 4 is 55.2 Å². The molecule has 0 radical (unpaired) electrons. The molecule has 2 aromatic heterocycles. The molecule has 0 saturated heterocycles. The van der Waals surface area contributed by atoms with E-state index in [1.807, 2.05) is 0 Å². The van der Waals surface area contributed by atoms with E-state index in [1.165, 1.54) is 111 Å². The second-order valence-corrected chi connectivity index (χ2v) is 17.3. The molecule has 2 aliphatic carbocycles. The highest BCUT2D eigenvalue weighted by Crippen LogP contribution is 2.51. The normalized spacial score (nSPS) is 13.6. The predicted molar refractivity (Wildman–Crippen MR) is 252 cm³/mol. The molecule has 0 aliphatic heterocycles. The number of hydrogen-bond acceptors (Lipinski definition) is 1. The third-order valence-corrected chi connectivity index (χ3v) is 13.8. The molecular formula is C58H40N2. The van der Waals surface area contributed by atoms with E-state index in [0.29, 0.717) is 0 Å². The van der Waals surface area contributed by atoms with Gasteiger partial charge in [-0.05, 0) is 128 Å². The molecule has 60 heavy (non-hydrogen) atoms. The molecule has 0 atom stereocenters. The molecule has 2 heterocycles. The second kappa shape index (κ2) is 12.3. The van der Waals surface area contributed by atoms with Crippen molar-refractivity contribution in [3.8, 4) is 44.5 Å². The minimum atomic E-state index is -0.0464. The maximum atomic E-state index is 2.48. The van der Waals surface area contributed by atoms with E-state index in [1.54, 1.807) is 0 Å². The van der Waals surface area contributed by atoms with Gasteiger partial charge in [0.15, 0.2) is 0 Å². The van der Waals surface area contributed by atoms with Gasteiger partial charge in [-0.15, -0.1) is 0 Å². The Morgan fingerprint density at radius 2 is 0.983 bits per heavy atom. The number of anilines is 3. The largest absolute Gasteiger partial charge is 0.310 e. The van der Waals surface area contributed by atoms with E-state index >= 15 is 0 Å². The van der Waals surface area contributed by atoms with E-state index in [0.717, 1.165) is 17.8 Å². The minimum absolute atomic E-state index is 0.0464. The Labute approximate surface area is 349 Å². The van der Waals surface area contributed by atoms with Crippen molar-refractivity contribution in [3.63, 3.8) is 0 Å². The van der Waals surface area contributed by atoms with Gasteiger partial charge in [-0.3, -0.25) is 0 Å². The average Bonchev–Trinajstić information content (AvgIpc) is 4.02. The van der Waals surface area contributed by atoms with Crippen LogP contribution < -0.4 is 4.90 Å². The third kappa shape index (κ3) is 4.65. The standard InChI is InChI=1S/C58H40N2/c1-58(2)51-16-8-5-13-45(51)46-30-25-39(35-52(46)58)37-23-28-43(29-24-37)59(42-26-21-36(22-27-42)38-19-20-41-33-40-11-3-4-12-44(40)50(41)34-38)55-32-31-48-47-14-6-9-17-53(47)60-54-18-10-7-15-49(54)56(55)57(48)60/h3-32,34-35H,33H2,1-2H3. The molecule has 11 aromatic rings. The molecule has 2 nitrogen and oxygen atoms in total. The summed E-state index contributed by atoms with van der Waals surface area (Å²) >= 11 is 0. The fraction of sp³-hybridized carbons (Fsp3) is 0.0690. The van der Waals surface area contributed by atoms with Crippen LogP contribution in [-0.4, -0.2) is 4.40 Å². The summed E-state index contributed by atoms with van der Waals surface area (Å²) in [6.45, 7) is 4.71. The van der Waals surface area contributed by atoms with Crippen LogP contribution in [0.15, 0.2) is 194 Å². The topological polar surface area (TPSA) is 7.65 Å². The van der Waals surface area contributed by atoms with Crippen LogP contribution in [0.2, 0.25) is 0 Å². The monoisotopic (exact) mass is 764 g/mol. The lowest BCUT2D eigenvalue weighted by Gasteiger charge is -2.27. The molecule has 0 bridgehead atoms. The lowest BCUT2D eigenvalue weighted by atomic mass is 9.81. The zero-order valence-electron chi connectivity index (χ0n) is 33.6. The maximum absolute atomic E-state index is 2.48. The van der Waals surface area contributed by atoms with Crippen molar-refractivity contribution in [2.45, 2.75) is 25.7 Å². The van der Waals surface area contributed by atoms with Gasteiger partial charge < -0.3 is 9.30 Å². The van der Waals surface area contributed by atoms with Crippen LogP contribution in [0, 0.1) is 0 Å². The van der Waals surface area contributed by atoms with Crippen molar-refractivity contribution in [2.75, 3.05) is 4.90 Å². The molecule has 0 unspecified atom stereocenters. The molecule has 2 heteroatoms. The molecule has 0 fully saturated rings. The molecule has 2 aliphatic rings. The van der Waals surface area contributed by atoms with Crippen LogP contribution in [0.3, 0.4) is 0 Å².